The zero-order valence-corrected chi connectivity index (χ0v) is 18.3. The largest absolute Gasteiger partial charge is 0.507 e. The summed E-state index contributed by atoms with van der Waals surface area (Å²) >= 11 is 1.55. The second kappa shape index (κ2) is 8.00. The van der Waals surface area contributed by atoms with Gasteiger partial charge in [-0.3, -0.25) is 0 Å². The van der Waals surface area contributed by atoms with Gasteiger partial charge in [0.15, 0.2) is 0 Å². The maximum Gasteiger partial charge on any atom is 0.207 e. The van der Waals surface area contributed by atoms with E-state index in [1.165, 1.54) is 16.7 Å². The first kappa shape index (κ1) is 19.5. The fraction of sp³-hybridized carbons (Fsp3) is 0.154. The Bertz CT molecular complexity index is 1260. The molecule has 0 saturated heterocycles. The van der Waals surface area contributed by atoms with Crippen molar-refractivity contribution in [3.05, 3.63) is 100 Å². The number of hydrogen-bond donors (Lipinski definition) is 1. The highest BCUT2D eigenvalue weighted by atomic mass is 32.1. The van der Waals surface area contributed by atoms with Gasteiger partial charge in [-0.1, -0.05) is 54.6 Å². The number of phenolic OH excluding ortho intramolecular Hbond substituents is 1. The van der Waals surface area contributed by atoms with Gasteiger partial charge in [0, 0.05) is 17.4 Å². The molecular weight excluding hydrogens is 402 g/mol. The second-order valence-electron chi connectivity index (χ2n) is 7.85. The summed E-state index contributed by atoms with van der Waals surface area (Å²) < 4.78 is 0. The van der Waals surface area contributed by atoms with Crippen LogP contribution in [0.1, 0.15) is 34.7 Å². The zero-order chi connectivity index (χ0) is 21.4. The maximum atomic E-state index is 10.2. The van der Waals surface area contributed by atoms with Crippen molar-refractivity contribution in [3.8, 4) is 17.0 Å². The average Bonchev–Trinajstić information content (AvgIpc) is 3.44. The summed E-state index contributed by atoms with van der Waals surface area (Å²) in [5.74, 6) is 0.236. The van der Waals surface area contributed by atoms with Crippen LogP contribution in [0.2, 0.25) is 0 Å². The van der Waals surface area contributed by atoms with Crippen molar-refractivity contribution in [3.63, 3.8) is 0 Å². The highest BCUT2D eigenvalue weighted by Gasteiger charge is 2.31. The molecule has 0 amide bonds. The molecule has 1 aromatic heterocycles. The number of anilines is 1. The molecular formula is C26H23N3OS. The van der Waals surface area contributed by atoms with E-state index < -0.39 is 0 Å². The first-order valence-electron chi connectivity index (χ1n) is 10.3. The third-order valence-corrected chi connectivity index (χ3v) is 6.63. The van der Waals surface area contributed by atoms with Crippen LogP contribution in [0.15, 0.2) is 83.3 Å². The van der Waals surface area contributed by atoms with Crippen molar-refractivity contribution < 1.29 is 5.11 Å². The fourth-order valence-corrected chi connectivity index (χ4v) is 4.72. The molecule has 154 valence electrons. The average molecular weight is 426 g/mol. The number of aryl methyl sites for hydroxylation is 2. The molecule has 0 radical (unpaired) electrons. The predicted molar refractivity (Wildman–Crippen MR) is 128 cm³/mol. The molecule has 0 aliphatic carbocycles. The Labute approximate surface area is 186 Å². The molecule has 1 atom stereocenters. The standard InChI is InChI=1S/C26H23N3OS/c1-17-12-13-20(14-18(17)2)22-15-24(19-8-4-3-5-9-19)29(28-22)26-27-23(16-31-26)21-10-6-7-11-25(21)30/h3-14,16,24,30H,15H2,1-2H3. The van der Waals surface area contributed by atoms with Gasteiger partial charge in [0.1, 0.15) is 5.75 Å². The summed E-state index contributed by atoms with van der Waals surface area (Å²) in [6, 6.07) is 24.4. The summed E-state index contributed by atoms with van der Waals surface area (Å²) in [5.41, 5.74) is 7.49. The van der Waals surface area contributed by atoms with Crippen LogP contribution in [0.5, 0.6) is 5.75 Å². The van der Waals surface area contributed by atoms with Crippen molar-refractivity contribution >= 4 is 22.2 Å². The maximum absolute atomic E-state index is 10.2. The molecule has 4 nitrogen and oxygen atoms in total. The molecule has 1 aliphatic rings. The number of aromatic nitrogens is 1. The first-order chi connectivity index (χ1) is 15.1. The number of hydrazone groups is 1. The minimum atomic E-state index is 0.0844. The normalized spacial score (nSPS) is 15.9. The van der Waals surface area contributed by atoms with Gasteiger partial charge in [-0.05, 0) is 54.3 Å². The predicted octanol–water partition coefficient (Wildman–Crippen LogP) is 6.49. The molecule has 3 aromatic carbocycles. The zero-order valence-electron chi connectivity index (χ0n) is 17.5. The Kier molecular flexibility index (Phi) is 5.04. The lowest BCUT2D eigenvalue weighted by molar-refractivity contribution is 0.477. The van der Waals surface area contributed by atoms with Gasteiger partial charge in [-0.2, -0.15) is 5.10 Å². The van der Waals surface area contributed by atoms with Crippen LogP contribution < -0.4 is 5.01 Å². The van der Waals surface area contributed by atoms with Crippen LogP contribution >= 0.6 is 11.3 Å². The molecule has 5 heteroatoms. The monoisotopic (exact) mass is 425 g/mol. The van der Waals surface area contributed by atoms with Crippen molar-refractivity contribution in [1.82, 2.24) is 4.98 Å². The van der Waals surface area contributed by atoms with E-state index in [0.29, 0.717) is 0 Å². The summed E-state index contributed by atoms with van der Waals surface area (Å²) in [7, 11) is 0. The Morgan fingerprint density at radius 2 is 1.71 bits per heavy atom. The molecule has 1 unspecified atom stereocenters. The lowest BCUT2D eigenvalue weighted by atomic mass is 9.97. The van der Waals surface area contributed by atoms with Crippen molar-refractivity contribution in [2.75, 3.05) is 5.01 Å². The van der Waals surface area contributed by atoms with Crippen LogP contribution in [0.3, 0.4) is 0 Å². The van der Waals surface area contributed by atoms with Gasteiger partial charge in [0.25, 0.3) is 0 Å². The number of benzene rings is 3. The van der Waals surface area contributed by atoms with Gasteiger partial charge < -0.3 is 5.11 Å². The Hall–Kier alpha value is -3.44. The molecule has 5 rings (SSSR count). The Morgan fingerprint density at radius 1 is 0.935 bits per heavy atom. The van der Waals surface area contributed by atoms with Crippen molar-refractivity contribution in [2.45, 2.75) is 26.3 Å². The summed E-state index contributed by atoms with van der Waals surface area (Å²) in [5, 5.41) is 20.1. The van der Waals surface area contributed by atoms with Gasteiger partial charge in [-0.15, -0.1) is 11.3 Å². The van der Waals surface area contributed by atoms with E-state index in [1.54, 1.807) is 17.4 Å². The second-order valence-corrected chi connectivity index (χ2v) is 8.69. The number of nitrogens with zero attached hydrogens (tertiary/aromatic N) is 3. The molecule has 0 saturated carbocycles. The topological polar surface area (TPSA) is 48.7 Å². The molecule has 0 bridgehead atoms. The molecule has 4 aromatic rings. The highest BCUT2D eigenvalue weighted by Crippen LogP contribution is 2.40. The van der Waals surface area contributed by atoms with Gasteiger partial charge in [0.2, 0.25) is 5.13 Å². The van der Waals surface area contributed by atoms with E-state index in [-0.39, 0.29) is 11.8 Å². The van der Waals surface area contributed by atoms with Crippen molar-refractivity contribution in [1.29, 1.82) is 0 Å². The van der Waals surface area contributed by atoms with Gasteiger partial charge >= 0.3 is 0 Å². The number of hydrogen-bond acceptors (Lipinski definition) is 5. The fourth-order valence-electron chi connectivity index (χ4n) is 3.90. The molecule has 1 N–H and O–H groups in total. The quantitative estimate of drug-likeness (QED) is 0.407. The SMILES string of the molecule is Cc1ccc(C2=NN(c3nc(-c4ccccc4O)cs3)C(c3ccccc3)C2)cc1C. The van der Waals surface area contributed by atoms with Crippen LogP contribution in [0, 0.1) is 13.8 Å². The lowest BCUT2D eigenvalue weighted by Gasteiger charge is -2.21. The van der Waals surface area contributed by atoms with Gasteiger partial charge in [-0.25, -0.2) is 9.99 Å². The van der Waals surface area contributed by atoms with Crippen molar-refractivity contribution in [2.24, 2.45) is 5.10 Å². The van der Waals surface area contributed by atoms with Gasteiger partial charge in [0.05, 0.1) is 17.4 Å². The first-order valence-corrected chi connectivity index (χ1v) is 11.2. The van der Waals surface area contributed by atoms with E-state index in [0.717, 1.165) is 34.1 Å². The third-order valence-electron chi connectivity index (χ3n) is 5.80. The molecule has 2 heterocycles. The van der Waals surface area contributed by atoms with Crippen LogP contribution in [0.25, 0.3) is 11.3 Å². The van der Waals surface area contributed by atoms with Crippen LogP contribution in [0.4, 0.5) is 5.13 Å². The summed E-state index contributed by atoms with van der Waals surface area (Å²) in [4.78, 5) is 4.84. The minimum absolute atomic E-state index is 0.0844. The molecule has 0 spiro atoms. The Morgan fingerprint density at radius 3 is 2.48 bits per heavy atom. The summed E-state index contributed by atoms with van der Waals surface area (Å²) in [6.07, 6.45) is 0.817. The van der Waals surface area contributed by atoms with E-state index in [4.69, 9.17) is 10.1 Å². The van der Waals surface area contributed by atoms with E-state index in [2.05, 4.69) is 56.3 Å². The number of aromatic hydroxyl groups is 1. The number of para-hydroxylation sites is 1. The smallest absolute Gasteiger partial charge is 0.207 e. The van der Waals surface area contributed by atoms with Crippen LogP contribution in [-0.2, 0) is 0 Å². The van der Waals surface area contributed by atoms with E-state index >= 15 is 0 Å². The number of thiazole rings is 1. The third kappa shape index (κ3) is 3.73. The highest BCUT2D eigenvalue weighted by molar-refractivity contribution is 7.14. The molecule has 31 heavy (non-hydrogen) atoms. The Balaban J connectivity index is 1.55. The number of phenols is 1. The summed E-state index contributed by atoms with van der Waals surface area (Å²) in [6.45, 7) is 4.27. The molecule has 1 aliphatic heterocycles. The van der Waals surface area contributed by atoms with Crippen LogP contribution in [-0.4, -0.2) is 15.8 Å². The lowest BCUT2D eigenvalue weighted by Crippen LogP contribution is -2.18. The number of rotatable bonds is 4. The minimum Gasteiger partial charge on any atom is -0.507 e. The van der Waals surface area contributed by atoms with E-state index in [1.807, 2.05) is 34.7 Å². The van der Waals surface area contributed by atoms with E-state index in [9.17, 15) is 5.11 Å². The molecule has 0 fully saturated rings.